The number of benzene rings is 4. The van der Waals surface area contributed by atoms with E-state index in [4.69, 9.17) is 18.3 Å². The van der Waals surface area contributed by atoms with Gasteiger partial charge in [-0.05, 0) is 80.1 Å². The minimum atomic E-state index is -2.26. The van der Waals surface area contributed by atoms with E-state index in [1.54, 1.807) is 0 Å². The van der Waals surface area contributed by atoms with E-state index in [0.29, 0.717) is 16.9 Å². The third kappa shape index (κ3) is 8.97. The molecule has 1 aliphatic rings. The topological polar surface area (TPSA) is 77.5 Å². The van der Waals surface area contributed by atoms with E-state index >= 15 is 0 Å². The van der Waals surface area contributed by atoms with E-state index in [1.807, 2.05) is 81.6 Å². The van der Waals surface area contributed by atoms with Crippen LogP contribution in [-0.2, 0) is 24.0 Å². The lowest BCUT2D eigenvalue weighted by atomic mass is 9.82. The number of nitrogens with zero attached hydrogens (tertiary/aromatic N) is 2. The summed E-state index contributed by atoms with van der Waals surface area (Å²) in [5, 5.41) is 1.73. The summed E-state index contributed by atoms with van der Waals surface area (Å²) in [5.41, 5.74) is 4.08. The normalized spacial score (nSPS) is 15.5. The van der Waals surface area contributed by atoms with Gasteiger partial charge in [-0.2, -0.15) is 0 Å². The lowest BCUT2D eigenvalue weighted by molar-refractivity contribution is -0.142. The molecule has 0 spiro atoms. The van der Waals surface area contributed by atoms with E-state index in [1.165, 1.54) is 0 Å². The van der Waals surface area contributed by atoms with E-state index in [2.05, 4.69) is 80.5 Å². The monoisotopic (exact) mass is 738 g/mol. The van der Waals surface area contributed by atoms with Crippen LogP contribution in [0.5, 0.6) is 5.75 Å². The fourth-order valence-electron chi connectivity index (χ4n) is 6.86. The Morgan fingerprint density at radius 2 is 1.40 bits per heavy atom. The van der Waals surface area contributed by atoms with Gasteiger partial charge in [0.05, 0.1) is 11.6 Å². The molecular weight excluding hydrogens is 685 g/mol. The van der Waals surface area contributed by atoms with Gasteiger partial charge in [-0.3, -0.25) is 4.79 Å². The summed E-state index contributed by atoms with van der Waals surface area (Å²) in [4.78, 5) is 30.7. The highest BCUT2D eigenvalue weighted by molar-refractivity contribution is 6.86. The van der Waals surface area contributed by atoms with Crippen molar-refractivity contribution >= 4 is 56.8 Å². The zero-order chi connectivity index (χ0) is 37.7. The van der Waals surface area contributed by atoms with Crippen molar-refractivity contribution in [3.8, 4) is 5.75 Å². The Kier molecular flexibility index (Phi) is 12.0. The average molecular weight is 739 g/mol. The SMILES string of the molecule is CCCC[Si](C)(C)O[Si](C)(C)CC(=O)OCCOC(=O)c1cc2ccc(N(C)C)cc2c2c1C=CC(c1ccccc1)(c1ccc(N(C)C)cc1)O2. The van der Waals surface area contributed by atoms with Crippen molar-refractivity contribution < 1.29 is 27.9 Å². The third-order valence-corrected chi connectivity index (χ3v) is 16.6. The van der Waals surface area contributed by atoms with Crippen LogP contribution in [0, 0.1) is 0 Å². The van der Waals surface area contributed by atoms with Crippen LogP contribution in [0.4, 0.5) is 11.4 Å². The van der Waals surface area contributed by atoms with Gasteiger partial charge in [-0.1, -0.05) is 68.3 Å². The number of hydrogen-bond acceptors (Lipinski definition) is 8. The first-order chi connectivity index (χ1) is 24.6. The maximum absolute atomic E-state index is 13.8. The summed E-state index contributed by atoms with van der Waals surface area (Å²) in [6, 6.07) is 27.8. The van der Waals surface area contributed by atoms with Crippen molar-refractivity contribution in [2.75, 3.05) is 51.2 Å². The van der Waals surface area contributed by atoms with Crippen molar-refractivity contribution in [1.29, 1.82) is 0 Å². The Labute approximate surface area is 311 Å². The predicted molar refractivity (Wildman–Crippen MR) is 218 cm³/mol. The Hall–Kier alpha value is -4.39. The summed E-state index contributed by atoms with van der Waals surface area (Å²) in [5.74, 6) is -0.233. The molecule has 0 radical (unpaired) electrons. The number of carbonyl (C=O) groups is 2. The summed E-state index contributed by atoms with van der Waals surface area (Å²) in [7, 11) is 3.93. The van der Waals surface area contributed by atoms with Crippen LogP contribution < -0.4 is 14.5 Å². The average Bonchev–Trinajstić information content (AvgIpc) is 3.11. The Bertz CT molecular complexity index is 1910. The van der Waals surface area contributed by atoms with Crippen LogP contribution in [-0.4, -0.2) is 70.0 Å². The van der Waals surface area contributed by atoms with E-state index in [9.17, 15) is 9.59 Å². The Morgan fingerprint density at radius 3 is 2.06 bits per heavy atom. The number of rotatable bonds is 15. The molecule has 8 nitrogen and oxygen atoms in total. The van der Waals surface area contributed by atoms with Crippen molar-refractivity contribution in [3.63, 3.8) is 0 Å². The van der Waals surface area contributed by atoms with Crippen molar-refractivity contribution in [2.45, 2.75) is 63.6 Å². The number of carbonyl (C=O) groups excluding carboxylic acids is 2. The Morgan fingerprint density at radius 1 is 0.769 bits per heavy atom. The van der Waals surface area contributed by atoms with E-state index in [0.717, 1.165) is 52.2 Å². The number of esters is 2. The molecule has 4 aromatic rings. The zero-order valence-corrected chi connectivity index (χ0v) is 34.2. The first kappa shape index (κ1) is 38.8. The number of hydrogen-bond donors (Lipinski definition) is 0. The van der Waals surface area contributed by atoms with Crippen molar-refractivity contribution in [2.24, 2.45) is 0 Å². The molecule has 1 aliphatic heterocycles. The minimum absolute atomic E-state index is 0.0277. The van der Waals surface area contributed by atoms with Crippen LogP contribution in [0.1, 0.15) is 46.8 Å². The molecule has 0 N–H and O–H groups in total. The zero-order valence-electron chi connectivity index (χ0n) is 32.2. The van der Waals surface area contributed by atoms with Crippen molar-refractivity contribution in [1.82, 2.24) is 0 Å². The maximum atomic E-state index is 13.8. The molecule has 1 unspecified atom stereocenters. The van der Waals surface area contributed by atoms with Gasteiger partial charge in [0, 0.05) is 61.6 Å². The second-order valence-corrected chi connectivity index (χ2v) is 23.9. The van der Waals surface area contributed by atoms with Crippen LogP contribution in [0.25, 0.3) is 16.8 Å². The fraction of sp³-hybridized carbons (Fsp3) is 0.381. The highest BCUT2D eigenvalue weighted by Gasteiger charge is 2.39. The molecule has 0 aromatic heterocycles. The molecule has 276 valence electrons. The van der Waals surface area contributed by atoms with Gasteiger partial charge in [0.25, 0.3) is 0 Å². The fourth-order valence-corrected chi connectivity index (χ4v) is 15.5. The number of anilines is 2. The largest absolute Gasteiger partial charge is 0.472 e. The molecule has 10 heteroatoms. The smallest absolute Gasteiger partial charge is 0.339 e. The third-order valence-electron chi connectivity index (χ3n) is 9.45. The molecule has 4 aromatic carbocycles. The van der Waals surface area contributed by atoms with Crippen LogP contribution in [0.2, 0.25) is 38.3 Å². The van der Waals surface area contributed by atoms with Crippen LogP contribution >= 0.6 is 0 Å². The number of unbranched alkanes of at least 4 members (excludes halogenated alkanes) is 1. The van der Waals surface area contributed by atoms with Gasteiger partial charge in [-0.25, -0.2) is 4.79 Å². The molecular formula is C42H54N2O6Si2. The van der Waals surface area contributed by atoms with Gasteiger partial charge in [0.2, 0.25) is 0 Å². The quantitative estimate of drug-likeness (QED) is 0.0679. The molecule has 0 aliphatic carbocycles. The highest BCUT2D eigenvalue weighted by atomic mass is 28.4. The summed E-state index contributed by atoms with van der Waals surface area (Å²) in [6.07, 6.45) is 6.26. The summed E-state index contributed by atoms with van der Waals surface area (Å²) >= 11 is 0. The summed E-state index contributed by atoms with van der Waals surface area (Å²) in [6.45, 7) is 10.7. The molecule has 1 heterocycles. The van der Waals surface area contributed by atoms with Gasteiger partial charge in [0.1, 0.15) is 19.0 Å². The summed E-state index contributed by atoms with van der Waals surface area (Å²) < 4.78 is 25.0. The second-order valence-electron chi connectivity index (χ2n) is 15.2. The van der Waals surface area contributed by atoms with Gasteiger partial charge >= 0.3 is 11.9 Å². The molecule has 0 fully saturated rings. The predicted octanol–water partition coefficient (Wildman–Crippen LogP) is 9.25. The molecule has 0 amide bonds. The lowest BCUT2D eigenvalue weighted by Crippen LogP contribution is -2.45. The number of ether oxygens (including phenoxy) is 3. The number of fused-ring (bicyclic) bond motifs is 3. The molecule has 5 rings (SSSR count). The molecule has 0 bridgehead atoms. The molecule has 0 saturated carbocycles. The maximum Gasteiger partial charge on any atom is 0.339 e. The van der Waals surface area contributed by atoms with Gasteiger partial charge < -0.3 is 28.1 Å². The lowest BCUT2D eigenvalue weighted by Gasteiger charge is -2.37. The first-order valence-corrected chi connectivity index (χ1v) is 24.4. The first-order valence-electron chi connectivity index (χ1n) is 18.2. The minimum Gasteiger partial charge on any atom is -0.472 e. The standard InChI is InChI=1S/C42H54N2O6Si2/c1-10-11-27-51(6,7)50-52(8,9)30-39(45)47-25-26-48-41(46)38-28-31-17-20-35(44(4)5)29-37(31)40-36(38)23-24-42(49-40,32-15-13-12-14-16-32)33-18-21-34(22-19-33)43(2)3/h12-24,28-29H,10-11,25-27,30H2,1-9H3. The van der Waals surface area contributed by atoms with Crippen LogP contribution in [0.15, 0.2) is 84.9 Å². The highest BCUT2D eigenvalue weighted by Crippen LogP contribution is 2.47. The van der Waals surface area contributed by atoms with Gasteiger partial charge in [0.15, 0.2) is 22.2 Å². The Balaban J connectivity index is 1.41. The van der Waals surface area contributed by atoms with E-state index < -0.39 is 28.2 Å². The van der Waals surface area contributed by atoms with Crippen LogP contribution in [0.3, 0.4) is 0 Å². The van der Waals surface area contributed by atoms with E-state index in [-0.39, 0.29) is 25.2 Å². The molecule has 1 atom stereocenters. The second kappa shape index (κ2) is 16.1. The van der Waals surface area contributed by atoms with Gasteiger partial charge in [-0.15, -0.1) is 0 Å². The molecule has 52 heavy (non-hydrogen) atoms. The molecule has 0 saturated heterocycles. The van der Waals surface area contributed by atoms with Crippen molar-refractivity contribution in [3.05, 3.63) is 107 Å².